The number of carbonyl (C=O) groups is 1. The number of rotatable bonds is 7. The van der Waals surface area contributed by atoms with Crippen LogP contribution >= 0.6 is 11.3 Å². The summed E-state index contributed by atoms with van der Waals surface area (Å²) in [5.41, 5.74) is 0.781. The average molecular weight is 306 g/mol. The van der Waals surface area contributed by atoms with Crippen molar-refractivity contribution in [3.8, 4) is 10.6 Å². The first kappa shape index (κ1) is 14.3. The molecule has 2 heterocycles. The highest BCUT2D eigenvalue weighted by atomic mass is 32.1. The number of amides is 1. The van der Waals surface area contributed by atoms with Crippen molar-refractivity contribution in [1.82, 2.24) is 10.1 Å². The normalized spacial score (nSPS) is 14.3. The second-order valence-electron chi connectivity index (χ2n) is 5.19. The maximum absolute atomic E-state index is 12.3. The van der Waals surface area contributed by atoms with Gasteiger partial charge in [-0.05, 0) is 24.3 Å². The third-order valence-electron chi connectivity index (χ3n) is 3.48. The largest absolute Gasteiger partial charge is 0.383 e. The number of hydrogen-bond acceptors (Lipinski definition) is 5. The molecule has 0 bridgehead atoms. The van der Waals surface area contributed by atoms with E-state index in [0.717, 1.165) is 29.2 Å². The molecule has 5 nitrogen and oxygen atoms in total. The number of ether oxygens (including phenoxy) is 1. The molecule has 112 valence electrons. The summed E-state index contributed by atoms with van der Waals surface area (Å²) in [6, 6.07) is 5.88. The Morgan fingerprint density at radius 3 is 3.10 bits per heavy atom. The summed E-state index contributed by atoms with van der Waals surface area (Å²) in [7, 11) is 1.64. The fraction of sp³-hybridized carbons (Fsp3) is 0.467. The van der Waals surface area contributed by atoms with E-state index < -0.39 is 0 Å². The van der Waals surface area contributed by atoms with Gasteiger partial charge >= 0.3 is 0 Å². The van der Waals surface area contributed by atoms with Gasteiger partial charge in [0.05, 0.1) is 18.0 Å². The Balaban J connectivity index is 1.68. The highest BCUT2D eigenvalue weighted by Gasteiger charge is 2.33. The van der Waals surface area contributed by atoms with Gasteiger partial charge < -0.3 is 14.2 Å². The number of methoxy groups -OCH3 is 1. The van der Waals surface area contributed by atoms with Gasteiger partial charge in [-0.25, -0.2) is 0 Å². The van der Waals surface area contributed by atoms with Gasteiger partial charge in [-0.3, -0.25) is 4.79 Å². The van der Waals surface area contributed by atoms with Crippen LogP contribution in [0.25, 0.3) is 10.6 Å². The standard InChI is InChI=1S/C15H18N2O3S/c1-19-7-6-17(15(18)11-4-5-11)10-12-9-13(20-16-12)14-3-2-8-21-14/h2-3,8-9,11H,4-7,10H2,1H3. The number of hydrogen-bond donors (Lipinski definition) is 0. The van der Waals surface area contributed by atoms with E-state index in [1.807, 2.05) is 28.5 Å². The van der Waals surface area contributed by atoms with Gasteiger partial charge in [-0.2, -0.15) is 0 Å². The predicted molar refractivity (Wildman–Crippen MR) is 79.8 cm³/mol. The van der Waals surface area contributed by atoms with E-state index in [1.54, 1.807) is 18.4 Å². The first-order valence-electron chi connectivity index (χ1n) is 7.05. The van der Waals surface area contributed by atoms with Crippen LogP contribution in [0.2, 0.25) is 0 Å². The fourth-order valence-electron chi connectivity index (χ4n) is 2.17. The Morgan fingerprint density at radius 2 is 2.43 bits per heavy atom. The molecule has 0 saturated heterocycles. The molecule has 0 spiro atoms. The van der Waals surface area contributed by atoms with Gasteiger partial charge in [0.25, 0.3) is 0 Å². The van der Waals surface area contributed by atoms with Crippen molar-refractivity contribution in [3.63, 3.8) is 0 Å². The van der Waals surface area contributed by atoms with Crippen LogP contribution < -0.4 is 0 Å². The molecule has 2 aromatic heterocycles. The van der Waals surface area contributed by atoms with Crippen molar-refractivity contribution < 1.29 is 14.1 Å². The van der Waals surface area contributed by atoms with Crippen LogP contribution in [0.15, 0.2) is 28.1 Å². The van der Waals surface area contributed by atoms with E-state index in [0.29, 0.717) is 19.7 Å². The fourth-order valence-corrected chi connectivity index (χ4v) is 2.85. The molecule has 3 rings (SSSR count). The third kappa shape index (κ3) is 3.51. The summed E-state index contributed by atoms with van der Waals surface area (Å²) >= 11 is 1.61. The molecule has 1 aliphatic rings. The molecule has 1 aliphatic carbocycles. The summed E-state index contributed by atoms with van der Waals surface area (Å²) < 4.78 is 10.4. The number of nitrogens with zero attached hydrogens (tertiary/aromatic N) is 2. The number of thiophene rings is 1. The maximum Gasteiger partial charge on any atom is 0.226 e. The lowest BCUT2D eigenvalue weighted by Gasteiger charge is -2.21. The van der Waals surface area contributed by atoms with E-state index in [-0.39, 0.29) is 11.8 Å². The molecule has 0 aromatic carbocycles. The molecule has 1 saturated carbocycles. The van der Waals surface area contributed by atoms with Crippen molar-refractivity contribution in [2.75, 3.05) is 20.3 Å². The molecule has 1 amide bonds. The van der Waals surface area contributed by atoms with Crippen LogP contribution in [-0.2, 0) is 16.1 Å². The zero-order valence-corrected chi connectivity index (χ0v) is 12.8. The highest BCUT2D eigenvalue weighted by Crippen LogP contribution is 2.32. The number of carbonyl (C=O) groups excluding carboxylic acids is 1. The van der Waals surface area contributed by atoms with Gasteiger partial charge in [0.1, 0.15) is 5.69 Å². The minimum absolute atomic E-state index is 0.200. The lowest BCUT2D eigenvalue weighted by molar-refractivity contribution is -0.133. The quantitative estimate of drug-likeness (QED) is 0.789. The van der Waals surface area contributed by atoms with Crippen LogP contribution in [0, 0.1) is 5.92 Å². The van der Waals surface area contributed by atoms with Crippen molar-refractivity contribution in [3.05, 3.63) is 29.3 Å². The molecule has 0 atom stereocenters. The maximum atomic E-state index is 12.3. The van der Waals surface area contributed by atoms with Gasteiger partial charge in [0, 0.05) is 25.6 Å². The molecule has 0 unspecified atom stereocenters. The topological polar surface area (TPSA) is 55.6 Å². The van der Waals surface area contributed by atoms with Crippen LogP contribution in [0.4, 0.5) is 0 Å². The van der Waals surface area contributed by atoms with E-state index >= 15 is 0 Å². The Hall–Kier alpha value is -1.66. The highest BCUT2D eigenvalue weighted by molar-refractivity contribution is 7.13. The third-order valence-corrected chi connectivity index (χ3v) is 4.36. The molecular weight excluding hydrogens is 288 g/mol. The van der Waals surface area contributed by atoms with Gasteiger partial charge in [0.15, 0.2) is 5.76 Å². The van der Waals surface area contributed by atoms with Crippen molar-refractivity contribution in [2.24, 2.45) is 5.92 Å². The zero-order chi connectivity index (χ0) is 14.7. The Kier molecular flexibility index (Phi) is 4.36. The molecule has 1 fully saturated rings. The smallest absolute Gasteiger partial charge is 0.226 e. The minimum atomic E-state index is 0.200. The van der Waals surface area contributed by atoms with Crippen LogP contribution in [0.5, 0.6) is 0 Å². The van der Waals surface area contributed by atoms with Crippen molar-refractivity contribution >= 4 is 17.2 Å². The average Bonchev–Trinajstić information content (AvgIpc) is 3.01. The number of aromatic nitrogens is 1. The Morgan fingerprint density at radius 1 is 1.57 bits per heavy atom. The predicted octanol–water partition coefficient (Wildman–Crippen LogP) is 2.79. The first-order valence-corrected chi connectivity index (χ1v) is 7.93. The van der Waals surface area contributed by atoms with Gasteiger partial charge in [-0.1, -0.05) is 11.2 Å². The van der Waals surface area contributed by atoms with Crippen molar-refractivity contribution in [1.29, 1.82) is 0 Å². The van der Waals surface area contributed by atoms with Crippen LogP contribution in [0.3, 0.4) is 0 Å². The summed E-state index contributed by atoms with van der Waals surface area (Å²) in [5, 5.41) is 6.08. The molecule has 0 N–H and O–H groups in total. The zero-order valence-electron chi connectivity index (χ0n) is 11.9. The molecule has 2 aromatic rings. The minimum Gasteiger partial charge on any atom is -0.383 e. The van der Waals surface area contributed by atoms with E-state index in [2.05, 4.69) is 5.16 Å². The molecular formula is C15H18N2O3S. The van der Waals surface area contributed by atoms with Gasteiger partial charge in [0.2, 0.25) is 5.91 Å². The van der Waals surface area contributed by atoms with E-state index in [9.17, 15) is 4.79 Å². The van der Waals surface area contributed by atoms with Crippen molar-refractivity contribution in [2.45, 2.75) is 19.4 Å². The van der Waals surface area contributed by atoms with Gasteiger partial charge in [-0.15, -0.1) is 11.3 Å². The summed E-state index contributed by atoms with van der Waals surface area (Å²) in [5.74, 6) is 1.16. The molecule has 0 aliphatic heterocycles. The molecule has 21 heavy (non-hydrogen) atoms. The monoisotopic (exact) mass is 306 g/mol. The van der Waals surface area contributed by atoms with E-state index in [4.69, 9.17) is 9.26 Å². The van der Waals surface area contributed by atoms with Crippen LogP contribution in [-0.4, -0.2) is 36.2 Å². The Bertz CT molecular complexity index is 590. The SMILES string of the molecule is COCCN(Cc1cc(-c2cccs2)on1)C(=O)C1CC1. The Labute approximate surface area is 127 Å². The molecule has 6 heteroatoms. The lowest BCUT2D eigenvalue weighted by atomic mass is 10.2. The molecule has 0 radical (unpaired) electrons. The first-order chi connectivity index (χ1) is 10.3. The second-order valence-corrected chi connectivity index (χ2v) is 6.13. The summed E-state index contributed by atoms with van der Waals surface area (Å²) in [4.78, 5) is 15.1. The summed E-state index contributed by atoms with van der Waals surface area (Å²) in [6.45, 7) is 1.61. The second kappa shape index (κ2) is 6.41. The van der Waals surface area contributed by atoms with Crippen LogP contribution in [0.1, 0.15) is 18.5 Å². The lowest BCUT2D eigenvalue weighted by Crippen LogP contribution is -2.34. The summed E-state index contributed by atoms with van der Waals surface area (Å²) in [6.07, 6.45) is 2.00. The van der Waals surface area contributed by atoms with E-state index in [1.165, 1.54) is 0 Å².